The van der Waals surface area contributed by atoms with Gasteiger partial charge in [-0.3, -0.25) is 4.79 Å². The van der Waals surface area contributed by atoms with Crippen LogP contribution in [0, 0.1) is 5.92 Å². The summed E-state index contributed by atoms with van der Waals surface area (Å²) in [5.74, 6) is -0.310. The van der Waals surface area contributed by atoms with E-state index in [9.17, 15) is 20.1 Å². The Morgan fingerprint density at radius 3 is 2.35 bits per heavy atom. The third kappa shape index (κ3) is 4.70. The molecule has 1 aliphatic rings. The fourth-order valence-corrected chi connectivity index (χ4v) is 2.37. The van der Waals surface area contributed by atoms with Gasteiger partial charge >= 0.3 is 5.97 Å². The van der Waals surface area contributed by atoms with Crippen molar-refractivity contribution in [2.24, 2.45) is 5.92 Å². The summed E-state index contributed by atoms with van der Waals surface area (Å²) in [5, 5.41) is 31.9. The van der Waals surface area contributed by atoms with E-state index in [4.69, 9.17) is 4.74 Å². The third-order valence-corrected chi connectivity index (χ3v) is 4.08. The van der Waals surface area contributed by atoms with E-state index in [1.54, 1.807) is 13.8 Å². The number of aliphatic hydroxyl groups excluding tert-OH is 2. The van der Waals surface area contributed by atoms with Gasteiger partial charge in [0.2, 0.25) is 0 Å². The number of hydrogen-bond acceptors (Lipinski definition) is 6. The monoisotopic (exact) mass is 289 g/mol. The zero-order valence-electron chi connectivity index (χ0n) is 12.4. The first-order valence-electron chi connectivity index (χ1n) is 7.24. The topological polar surface area (TPSA) is 99.0 Å². The average Bonchev–Trinajstić information content (AvgIpc) is 2.46. The molecule has 118 valence electrons. The van der Waals surface area contributed by atoms with Crippen LogP contribution in [0.3, 0.4) is 0 Å². The maximum Gasteiger partial charge on any atom is 0.308 e. The molecule has 0 atom stereocenters. The fourth-order valence-electron chi connectivity index (χ4n) is 2.37. The number of ether oxygens (including phenoxy) is 1. The summed E-state index contributed by atoms with van der Waals surface area (Å²) in [6.07, 6.45) is 2.23. The number of aliphatic hydroxyl groups is 3. The minimum absolute atomic E-state index is 0.128. The summed E-state index contributed by atoms with van der Waals surface area (Å²) in [6.45, 7) is 3.74. The van der Waals surface area contributed by atoms with Crippen LogP contribution in [-0.4, -0.2) is 58.8 Å². The Morgan fingerprint density at radius 1 is 1.35 bits per heavy atom. The van der Waals surface area contributed by atoms with Crippen molar-refractivity contribution in [1.29, 1.82) is 0 Å². The molecule has 4 N–H and O–H groups in total. The lowest BCUT2D eigenvalue weighted by atomic mass is 9.78. The second-order valence-corrected chi connectivity index (χ2v) is 5.98. The fraction of sp³-hybridized carbons (Fsp3) is 0.929. The minimum Gasteiger partial charge on any atom is -0.466 e. The second-order valence-electron chi connectivity index (χ2n) is 5.98. The van der Waals surface area contributed by atoms with Crippen molar-refractivity contribution in [3.8, 4) is 0 Å². The van der Waals surface area contributed by atoms with Gasteiger partial charge in [0.1, 0.15) is 0 Å². The first-order chi connectivity index (χ1) is 9.38. The minimum atomic E-state index is -0.894. The van der Waals surface area contributed by atoms with Gasteiger partial charge in [-0.1, -0.05) is 0 Å². The lowest BCUT2D eigenvalue weighted by molar-refractivity contribution is -0.151. The molecular weight excluding hydrogens is 262 g/mol. The number of carbonyl (C=O) groups is 1. The molecule has 0 saturated heterocycles. The van der Waals surface area contributed by atoms with Crippen LogP contribution in [0.15, 0.2) is 0 Å². The first-order valence-corrected chi connectivity index (χ1v) is 7.24. The van der Waals surface area contributed by atoms with Gasteiger partial charge in [-0.05, 0) is 39.5 Å². The van der Waals surface area contributed by atoms with Crippen LogP contribution in [0.2, 0.25) is 0 Å². The quantitative estimate of drug-likeness (QED) is 0.485. The molecule has 0 aliphatic heterocycles. The normalized spacial score (nSPS) is 27.4. The van der Waals surface area contributed by atoms with Crippen molar-refractivity contribution in [2.45, 2.75) is 50.7 Å². The molecule has 0 heterocycles. The molecule has 1 aliphatic carbocycles. The molecule has 0 aromatic carbocycles. The summed E-state index contributed by atoms with van der Waals surface area (Å²) in [5.41, 5.74) is -1.69. The number of rotatable bonds is 7. The zero-order chi connectivity index (χ0) is 15.2. The lowest BCUT2D eigenvalue weighted by Crippen LogP contribution is -2.55. The van der Waals surface area contributed by atoms with E-state index < -0.39 is 11.1 Å². The van der Waals surface area contributed by atoms with Gasteiger partial charge in [0.15, 0.2) is 0 Å². The van der Waals surface area contributed by atoms with Crippen LogP contribution in [0.4, 0.5) is 0 Å². The van der Waals surface area contributed by atoms with E-state index in [0.29, 0.717) is 38.8 Å². The highest BCUT2D eigenvalue weighted by Crippen LogP contribution is 2.32. The largest absolute Gasteiger partial charge is 0.466 e. The maximum absolute atomic E-state index is 11.6. The summed E-state index contributed by atoms with van der Waals surface area (Å²) >= 11 is 0. The number of hydrogen-bond donors (Lipinski definition) is 4. The standard InChI is InChI=1S/C14H27NO5/c1-3-20-12(18)11-4-6-14(19,7-5-11)8-15-13(2,9-16)10-17/h11,15-17,19H,3-10H2,1-2H3. The van der Waals surface area contributed by atoms with Crippen LogP contribution in [0.25, 0.3) is 0 Å². The van der Waals surface area contributed by atoms with Gasteiger partial charge in [-0.25, -0.2) is 0 Å². The Morgan fingerprint density at radius 2 is 1.90 bits per heavy atom. The van der Waals surface area contributed by atoms with Crippen molar-refractivity contribution in [3.05, 3.63) is 0 Å². The molecule has 20 heavy (non-hydrogen) atoms. The van der Waals surface area contributed by atoms with E-state index in [-0.39, 0.29) is 25.1 Å². The molecule has 0 aromatic heterocycles. The smallest absolute Gasteiger partial charge is 0.308 e. The lowest BCUT2D eigenvalue weighted by Gasteiger charge is -2.38. The number of nitrogens with one attached hydrogen (secondary N) is 1. The highest BCUT2D eigenvalue weighted by atomic mass is 16.5. The molecule has 1 rings (SSSR count). The Bertz CT molecular complexity index is 309. The van der Waals surface area contributed by atoms with E-state index >= 15 is 0 Å². The summed E-state index contributed by atoms with van der Waals surface area (Å²) in [6, 6.07) is 0. The second kappa shape index (κ2) is 7.36. The molecule has 1 saturated carbocycles. The molecule has 0 spiro atoms. The van der Waals surface area contributed by atoms with Crippen molar-refractivity contribution in [1.82, 2.24) is 5.32 Å². The molecule has 0 aromatic rings. The number of esters is 1. The van der Waals surface area contributed by atoms with E-state index in [1.807, 2.05) is 0 Å². The van der Waals surface area contributed by atoms with Gasteiger partial charge in [0, 0.05) is 6.54 Å². The third-order valence-electron chi connectivity index (χ3n) is 4.08. The molecule has 0 unspecified atom stereocenters. The summed E-state index contributed by atoms with van der Waals surface area (Å²) in [7, 11) is 0. The molecule has 6 heteroatoms. The van der Waals surface area contributed by atoms with Gasteiger partial charge in [-0.2, -0.15) is 0 Å². The highest BCUT2D eigenvalue weighted by molar-refractivity contribution is 5.72. The van der Waals surface area contributed by atoms with Crippen molar-refractivity contribution in [3.63, 3.8) is 0 Å². The Balaban J connectivity index is 2.44. The van der Waals surface area contributed by atoms with Gasteiger partial charge in [0.05, 0.1) is 36.9 Å². The Hall–Kier alpha value is -0.690. The van der Waals surface area contributed by atoms with Crippen molar-refractivity contribution >= 4 is 5.97 Å². The first kappa shape index (κ1) is 17.4. The van der Waals surface area contributed by atoms with Crippen molar-refractivity contribution in [2.75, 3.05) is 26.4 Å². The summed E-state index contributed by atoms with van der Waals surface area (Å²) in [4.78, 5) is 11.6. The van der Waals surface area contributed by atoms with Crippen molar-refractivity contribution < 1.29 is 24.9 Å². The van der Waals surface area contributed by atoms with Crippen LogP contribution in [0.1, 0.15) is 39.5 Å². The zero-order valence-corrected chi connectivity index (χ0v) is 12.4. The number of carbonyl (C=O) groups excluding carboxylic acids is 1. The SMILES string of the molecule is CCOC(=O)C1CCC(O)(CNC(C)(CO)CO)CC1. The number of β-amino-alcohol motifs (C(OH)–C–C–N with tert-alkyl or cyclic N) is 1. The Kier molecular flexibility index (Phi) is 6.39. The summed E-state index contributed by atoms with van der Waals surface area (Å²) < 4.78 is 5.00. The van der Waals surface area contributed by atoms with Crippen LogP contribution in [-0.2, 0) is 9.53 Å². The molecule has 0 radical (unpaired) electrons. The molecule has 0 amide bonds. The van der Waals surface area contributed by atoms with Crippen LogP contribution < -0.4 is 5.32 Å². The van der Waals surface area contributed by atoms with E-state index in [2.05, 4.69) is 5.32 Å². The van der Waals surface area contributed by atoms with Gasteiger partial charge in [-0.15, -0.1) is 0 Å². The van der Waals surface area contributed by atoms with Gasteiger partial charge < -0.3 is 25.4 Å². The maximum atomic E-state index is 11.6. The molecule has 1 fully saturated rings. The van der Waals surface area contributed by atoms with Gasteiger partial charge in [0.25, 0.3) is 0 Å². The molecular formula is C14H27NO5. The predicted molar refractivity (Wildman–Crippen MR) is 74.1 cm³/mol. The van der Waals surface area contributed by atoms with E-state index in [0.717, 1.165) is 0 Å². The Labute approximate surface area is 120 Å². The van der Waals surface area contributed by atoms with E-state index in [1.165, 1.54) is 0 Å². The average molecular weight is 289 g/mol. The van der Waals surface area contributed by atoms with Crippen LogP contribution in [0.5, 0.6) is 0 Å². The molecule has 0 bridgehead atoms. The highest BCUT2D eigenvalue weighted by Gasteiger charge is 2.37. The van der Waals surface area contributed by atoms with Crippen LogP contribution >= 0.6 is 0 Å². The molecule has 6 nitrogen and oxygen atoms in total. The predicted octanol–water partition coefficient (Wildman–Crippen LogP) is -0.196.